The predicted octanol–water partition coefficient (Wildman–Crippen LogP) is 3.03. The molecule has 0 unspecified atom stereocenters. The highest BCUT2D eigenvalue weighted by molar-refractivity contribution is 7.13. The molecule has 1 atom stereocenters. The monoisotopic (exact) mass is 470 g/mol. The van der Waals surface area contributed by atoms with E-state index in [0.717, 1.165) is 31.5 Å². The fraction of sp³-hybridized carbons (Fsp3) is 0.435. The molecule has 2 aliphatic rings. The van der Waals surface area contributed by atoms with Gasteiger partial charge in [0.1, 0.15) is 23.1 Å². The maximum Gasteiger partial charge on any atom is 0.264 e. The first-order valence-electron chi connectivity index (χ1n) is 11.3. The molecule has 10 heteroatoms. The summed E-state index contributed by atoms with van der Waals surface area (Å²) in [6, 6.07) is 7.43. The Morgan fingerprint density at radius 2 is 2.15 bits per heavy atom. The molecule has 1 aromatic carbocycles. The van der Waals surface area contributed by atoms with E-state index < -0.39 is 6.67 Å². The zero-order valence-electron chi connectivity index (χ0n) is 18.3. The van der Waals surface area contributed by atoms with E-state index in [9.17, 15) is 9.18 Å². The van der Waals surface area contributed by atoms with Crippen molar-refractivity contribution in [2.24, 2.45) is 0 Å². The smallest absolute Gasteiger partial charge is 0.264 e. The summed E-state index contributed by atoms with van der Waals surface area (Å²) in [5.41, 5.74) is 2.36. The number of hydrogen-bond donors (Lipinski definition) is 3. The van der Waals surface area contributed by atoms with Crippen molar-refractivity contribution in [1.29, 1.82) is 0 Å². The van der Waals surface area contributed by atoms with Gasteiger partial charge in [-0.15, -0.1) is 11.3 Å². The molecule has 2 saturated heterocycles. The zero-order chi connectivity index (χ0) is 22.6. The fourth-order valence-corrected chi connectivity index (χ4v) is 5.06. The van der Waals surface area contributed by atoms with E-state index in [2.05, 4.69) is 15.6 Å². The number of rotatable bonds is 6. The number of thiazole rings is 1. The Bertz CT molecular complexity index is 1150. The molecule has 0 spiro atoms. The minimum Gasteiger partial charge on any atom is -0.378 e. The van der Waals surface area contributed by atoms with Gasteiger partial charge < -0.3 is 20.3 Å². The van der Waals surface area contributed by atoms with Gasteiger partial charge in [-0.05, 0) is 31.0 Å². The minimum atomic E-state index is -0.527. The second-order valence-electron chi connectivity index (χ2n) is 8.27. The fourth-order valence-electron chi connectivity index (χ4n) is 4.19. The second-order valence-corrected chi connectivity index (χ2v) is 9.13. The van der Waals surface area contributed by atoms with E-state index in [4.69, 9.17) is 14.7 Å². The summed E-state index contributed by atoms with van der Waals surface area (Å²) >= 11 is 1.39. The van der Waals surface area contributed by atoms with Crippen molar-refractivity contribution in [2.45, 2.75) is 25.6 Å². The van der Waals surface area contributed by atoms with Crippen LogP contribution in [-0.2, 0) is 11.4 Å². The lowest BCUT2D eigenvalue weighted by Crippen LogP contribution is -2.40. The number of alkyl halides is 1. The van der Waals surface area contributed by atoms with E-state index in [0.29, 0.717) is 59.9 Å². The van der Waals surface area contributed by atoms with Crippen LogP contribution in [-0.4, -0.2) is 60.4 Å². The summed E-state index contributed by atoms with van der Waals surface area (Å²) in [7, 11) is 0. The lowest BCUT2D eigenvalue weighted by molar-refractivity contribution is 0.122. The van der Waals surface area contributed by atoms with Gasteiger partial charge in [-0.3, -0.25) is 9.78 Å². The molecule has 2 aliphatic heterocycles. The number of aromatic amines is 1. The van der Waals surface area contributed by atoms with E-state index in [1.54, 1.807) is 12.1 Å². The van der Waals surface area contributed by atoms with Crippen LogP contribution in [0.3, 0.4) is 0 Å². The second kappa shape index (κ2) is 9.98. The largest absolute Gasteiger partial charge is 0.378 e. The molecule has 0 radical (unpaired) electrons. The van der Waals surface area contributed by atoms with E-state index in [1.165, 1.54) is 11.3 Å². The van der Waals surface area contributed by atoms with Gasteiger partial charge >= 0.3 is 0 Å². The number of piperidine rings is 1. The average molecular weight is 471 g/mol. The van der Waals surface area contributed by atoms with Crippen molar-refractivity contribution in [3.63, 3.8) is 0 Å². The molecule has 4 heterocycles. The van der Waals surface area contributed by atoms with Gasteiger partial charge in [0.25, 0.3) is 5.56 Å². The van der Waals surface area contributed by atoms with Gasteiger partial charge in [0, 0.05) is 36.6 Å². The number of nitrogens with one attached hydrogen (secondary N) is 3. The van der Waals surface area contributed by atoms with Gasteiger partial charge in [0.05, 0.1) is 18.9 Å². The summed E-state index contributed by atoms with van der Waals surface area (Å²) in [6.07, 6.45) is 2.08. The third-order valence-corrected chi connectivity index (χ3v) is 6.81. The van der Waals surface area contributed by atoms with Crippen molar-refractivity contribution < 1.29 is 9.13 Å². The Hall–Kier alpha value is -2.82. The Labute approximate surface area is 195 Å². The number of anilines is 2. The summed E-state index contributed by atoms with van der Waals surface area (Å²) in [6.45, 7) is 3.86. The number of morpholine rings is 1. The molecule has 174 valence electrons. The van der Waals surface area contributed by atoms with Gasteiger partial charge in [-0.25, -0.2) is 9.37 Å². The number of hydrogen-bond acceptors (Lipinski definition) is 8. The third kappa shape index (κ3) is 4.92. The van der Waals surface area contributed by atoms with Crippen molar-refractivity contribution in [1.82, 2.24) is 20.3 Å². The molecular weight excluding hydrogens is 443 g/mol. The maximum atomic E-state index is 13.3. The molecule has 3 aromatic rings. The lowest BCUT2D eigenvalue weighted by Gasteiger charge is -2.29. The van der Waals surface area contributed by atoms with Crippen LogP contribution in [0.15, 0.2) is 34.4 Å². The standard InChI is InChI=1S/C23H27FN6O2S/c24-12-15-3-1-4-16(11-15)18-14-33-22(27-18)19-20(26-17-5-2-6-25-13-17)28-23(29-21(19)31)30-7-9-32-10-8-30/h1,3-4,11,14,17,25H,2,5-10,12-13H2,(H2,26,28,29,31)/t17-/m1/s1. The van der Waals surface area contributed by atoms with Crippen molar-refractivity contribution in [3.8, 4) is 21.8 Å². The molecule has 0 saturated carbocycles. The zero-order valence-corrected chi connectivity index (χ0v) is 19.1. The highest BCUT2D eigenvalue weighted by atomic mass is 32.1. The summed E-state index contributed by atoms with van der Waals surface area (Å²) in [4.78, 5) is 27.9. The third-order valence-electron chi connectivity index (χ3n) is 5.95. The van der Waals surface area contributed by atoms with Crippen LogP contribution < -0.4 is 21.1 Å². The Kier molecular flexibility index (Phi) is 6.65. The van der Waals surface area contributed by atoms with E-state index in [-0.39, 0.29) is 11.6 Å². The van der Waals surface area contributed by atoms with Crippen molar-refractivity contribution in [3.05, 3.63) is 45.6 Å². The number of ether oxygens (including phenoxy) is 1. The number of aromatic nitrogens is 3. The highest BCUT2D eigenvalue weighted by Crippen LogP contribution is 2.32. The molecule has 0 bridgehead atoms. The maximum absolute atomic E-state index is 13.3. The highest BCUT2D eigenvalue weighted by Gasteiger charge is 2.23. The first-order valence-corrected chi connectivity index (χ1v) is 12.1. The predicted molar refractivity (Wildman–Crippen MR) is 129 cm³/mol. The first-order chi connectivity index (χ1) is 16.2. The number of benzene rings is 1. The van der Waals surface area contributed by atoms with Crippen LogP contribution in [0.5, 0.6) is 0 Å². The molecule has 3 N–H and O–H groups in total. The van der Waals surface area contributed by atoms with Gasteiger partial charge in [-0.2, -0.15) is 4.98 Å². The molecule has 0 amide bonds. The number of H-pyrrole nitrogens is 1. The molecular formula is C23H27FN6O2S. The summed E-state index contributed by atoms with van der Waals surface area (Å²) in [5.74, 6) is 1.10. The Morgan fingerprint density at radius 3 is 2.94 bits per heavy atom. The topological polar surface area (TPSA) is 95.2 Å². The van der Waals surface area contributed by atoms with Crippen LogP contribution in [0.25, 0.3) is 21.8 Å². The SMILES string of the molecule is O=c1[nH]c(N2CCOCC2)nc(N[C@@H]2CCCNC2)c1-c1nc(-c2cccc(CF)c2)cs1. The molecule has 33 heavy (non-hydrogen) atoms. The molecule has 0 aliphatic carbocycles. The Balaban J connectivity index is 1.52. The van der Waals surface area contributed by atoms with E-state index >= 15 is 0 Å². The van der Waals surface area contributed by atoms with Gasteiger partial charge in [-0.1, -0.05) is 18.2 Å². The lowest BCUT2D eigenvalue weighted by atomic mass is 10.1. The van der Waals surface area contributed by atoms with Crippen LogP contribution >= 0.6 is 11.3 Å². The van der Waals surface area contributed by atoms with Crippen LogP contribution in [0.2, 0.25) is 0 Å². The minimum absolute atomic E-state index is 0.185. The molecule has 5 rings (SSSR count). The van der Waals surface area contributed by atoms with Gasteiger partial charge in [0.15, 0.2) is 0 Å². The molecule has 2 fully saturated rings. The van der Waals surface area contributed by atoms with Crippen LogP contribution in [0, 0.1) is 0 Å². The van der Waals surface area contributed by atoms with Crippen LogP contribution in [0.1, 0.15) is 18.4 Å². The van der Waals surface area contributed by atoms with Gasteiger partial charge in [0.2, 0.25) is 5.95 Å². The van der Waals surface area contributed by atoms with Crippen LogP contribution in [0.4, 0.5) is 16.2 Å². The number of nitrogens with zero attached hydrogens (tertiary/aromatic N) is 3. The molecule has 2 aromatic heterocycles. The summed E-state index contributed by atoms with van der Waals surface area (Å²) in [5, 5.41) is 9.38. The quantitative estimate of drug-likeness (QED) is 0.510. The van der Waals surface area contributed by atoms with Crippen molar-refractivity contribution >= 4 is 23.1 Å². The summed E-state index contributed by atoms with van der Waals surface area (Å²) < 4.78 is 18.6. The molecule has 8 nitrogen and oxygen atoms in total. The first kappa shape index (κ1) is 22.0. The van der Waals surface area contributed by atoms with Crippen molar-refractivity contribution in [2.75, 3.05) is 49.6 Å². The Morgan fingerprint density at radius 1 is 1.27 bits per heavy atom. The number of halogens is 1. The van der Waals surface area contributed by atoms with E-state index in [1.807, 2.05) is 22.4 Å². The normalized spacial score (nSPS) is 18.9. The average Bonchev–Trinajstić information content (AvgIpc) is 3.35.